The van der Waals surface area contributed by atoms with Crippen LogP contribution in [-0.2, 0) is 0 Å². The van der Waals surface area contributed by atoms with Gasteiger partial charge in [-0.15, -0.1) is 0 Å². The lowest BCUT2D eigenvalue weighted by molar-refractivity contribution is 0.483. The van der Waals surface area contributed by atoms with Crippen LogP contribution in [0.1, 0.15) is 0 Å². The standard InChI is InChI=1S/C18H14O.H3P/c1-3-7-15(8-4-1)16-11-13-18(14-12-16)19-17-9-5-2-6-10-17;/h1-14H;1H3. The SMILES string of the molecule is P.c1ccc(Oc2ccc(-c3ccccc3)cc2)cc1. The lowest BCUT2D eigenvalue weighted by Crippen LogP contribution is -1.83. The van der Waals surface area contributed by atoms with Gasteiger partial charge in [-0.3, -0.25) is 0 Å². The van der Waals surface area contributed by atoms with Crippen LogP contribution in [0.25, 0.3) is 11.1 Å². The van der Waals surface area contributed by atoms with E-state index in [4.69, 9.17) is 4.74 Å². The number of para-hydroxylation sites is 1. The highest BCUT2D eigenvalue weighted by Crippen LogP contribution is 2.25. The van der Waals surface area contributed by atoms with Crippen molar-refractivity contribution in [3.8, 4) is 22.6 Å². The molecule has 0 fully saturated rings. The van der Waals surface area contributed by atoms with Gasteiger partial charge in [-0.05, 0) is 35.4 Å². The van der Waals surface area contributed by atoms with Crippen LogP contribution in [0.2, 0.25) is 0 Å². The van der Waals surface area contributed by atoms with Crippen LogP contribution in [-0.4, -0.2) is 0 Å². The van der Waals surface area contributed by atoms with Crippen molar-refractivity contribution in [3.05, 3.63) is 84.9 Å². The summed E-state index contributed by atoms with van der Waals surface area (Å²) in [5.41, 5.74) is 2.41. The maximum Gasteiger partial charge on any atom is 0.127 e. The maximum absolute atomic E-state index is 5.77. The predicted octanol–water partition coefficient (Wildman–Crippen LogP) is 5.20. The van der Waals surface area contributed by atoms with E-state index in [0.29, 0.717) is 0 Å². The van der Waals surface area contributed by atoms with Crippen molar-refractivity contribution in [1.29, 1.82) is 0 Å². The van der Waals surface area contributed by atoms with Gasteiger partial charge in [-0.1, -0.05) is 60.7 Å². The van der Waals surface area contributed by atoms with Gasteiger partial charge in [0, 0.05) is 0 Å². The molecule has 0 amide bonds. The third-order valence-electron chi connectivity index (χ3n) is 2.94. The van der Waals surface area contributed by atoms with E-state index in [2.05, 4.69) is 24.3 Å². The summed E-state index contributed by atoms with van der Waals surface area (Å²) in [5, 5.41) is 0. The molecule has 0 spiro atoms. The third-order valence-corrected chi connectivity index (χ3v) is 2.94. The van der Waals surface area contributed by atoms with Crippen molar-refractivity contribution in [1.82, 2.24) is 0 Å². The molecule has 0 radical (unpaired) electrons. The largest absolute Gasteiger partial charge is 0.457 e. The van der Waals surface area contributed by atoms with Crippen LogP contribution < -0.4 is 4.74 Å². The molecule has 20 heavy (non-hydrogen) atoms. The Hall–Kier alpha value is -2.11. The number of ether oxygens (including phenoxy) is 1. The van der Waals surface area contributed by atoms with Crippen LogP contribution in [0, 0.1) is 0 Å². The summed E-state index contributed by atoms with van der Waals surface area (Å²) in [6, 6.07) is 28.3. The molecular weight excluding hydrogens is 263 g/mol. The highest BCUT2D eigenvalue weighted by atomic mass is 31.0. The van der Waals surface area contributed by atoms with Crippen molar-refractivity contribution in [2.24, 2.45) is 0 Å². The summed E-state index contributed by atoms with van der Waals surface area (Å²) in [6.07, 6.45) is 0. The second kappa shape index (κ2) is 6.88. The summed E-state index contributed by atoms with van der Waals surface area (Å²) in [6.45, 7) is 0. The lowest BCUT2D eigenvalue weighted by atomic mass is 10.1. The zero-order chi connectivity index (χ0) is 12.9. The Morgan fingerprint density at radius 3 is 1.50 bits per heavy atom. The summed E-state index contributed by atoms with van der Waals surface area (Å²) < 4.78 is 5.77. The minimum absolute atomic E-state index is 0. The fourth-order valence-electron chi connectivity index (χ4n) is 1.97. The Bertz CT molecular complexity index is 633. The Labute approximate surface area is 122 Å². The molecular formula is C18H17OP. The first-order chi connectivity index (χ1) is 9.42. The first kappa shape index (κ1) is 14.3. The van der Waals surface area contributed by atoms with Gasteiger partial charge in [0.05, 0.1) is 0 Å². The molecule has 1 atom stereocenters. The summed E-state index contributed by atoms with van der Waals surface area (Å²) in [5.74, 6) is 1.71. The van der Waals surface area contributed by atoms with Gasteiger partial charge in [-0.25, -0.2) is 0 Å². The van der Waals surface area contributed by atoms with Gasteiger partial charge in [0.1, 0.15) is 11.5 Å². The number of hydrogen-bond acceptors (Lipinski definition) is 1. The Morgan fingerprint density at radius 1 is 0.450 bits per heavy atom. The zero-order valence-corrected chi connectivity index (χ0v) is 12.6. The second-order valence-electron chi connectivity index (χ2n) is 4.31. The second-order valence-corrected chi connectivity index (χ2v) is 4.31. The Morgan fingerprint density at radius 2 is 0.900 bits per heavy atom. The molecule has 0 aliphatic rings. The van der Waals surface area contributed by atoms with Crippen LogP contribution in [0.15, 0.2) is 84.9 Å². The van der Waals surface area contributed by atoms with E-state index in [1.807, 2.05) is 60.7 Å². The van der Waals surface area contributed by atoms with Crippen LogP contribution >= 0.6 is 9.90 Å². The molecule has 3 aromatic rings. The third kappa shape index (κ3) is 3.46. The fourth-order valence-corrected chi connectivity index (χ4v) is 1.97. The molecule has 0 saturated heterocycles. The van der Waals surface area contributed by atoms with Crippen LogP contribution in [0.5, 0.6) is 11.5 Å². The highest BCUT2D eigenvalue weighted by molar-refractivity contribution is 6.92. The molecule has 100 valence electrons. The van der Waals surface area contributed by atoms with Crippen LogP contribution in [0.4, 0.5) is 0 Å². The summed E-state index contributed by atoms with van der Waals surface area (Å²) >= 11 is 0. The van der Waals surface area contributed by atoms with E-state index in [9.17, 15) is 0 Å². The van der Waals surface area contributed by atoms with E-state index >= 15 is 0 Å². The van der Waals surface area contributed by atoms with Crippen molar-refractivity contribution < 1.29 is 4.74 Å². The van der Waals surface area contributed by atoms with Crippen molar-refractivity contribution in [2.75, 3.05) is 0 Å². The van der Waals surface area contributed by atoms with E-state index in [-0.39, 0.29) is 9.90 Å². The fraction of sp³-hybridized carbons (Fsp3) is 0. The summed E-state index contributed by atoms with van der Waals surface area (Å²) in [4.78, 5) is 0. The molecule has 3 aromatic carbocycles. The van der Waals surface area contributed by atoms with Gasteiger partial charge in [0.25, 0.3) is 0 Å². The number of hydrogen-bond donors (Lipinski definition) is 0. The van der Waals surface area contributed by atoms with Crippen molar-refractivity contribution in [2.45, 2.75) is 0 Å². The van der Waals surface area contributed by atoms with E-state index in [1.54, 1.807) is 0 Å². The maximum atomic E-state index is 5.77. The number of benzene rings is 3. The van der Waals surface area contributed by atoms with E-state index in [0.717, 1.165) is 11.5 Å². The molecule has 0 heterocycles. The molecule has 1 nitrogen and oxygen atoms in total. The predicted molar refractivity (Wildman–Crippen MR) is 89.5 cm³/mol. The number of rotatable bonds is 3. The topological polar surface area (TPSA) is 9.23 Å². The normalized spacial score (nSPS) is 9.60. The first-order valence-corrected chi connectivity index (χ1v) is 6.30. The summed E-state index contributed by atoms with van der Waals surface area (Å²) in [7, 11) is 0. The average Bonchev–Trinajstić information content (AvgIpc) is 2.50. The first-order valence-electron chi connectivity index (χ1n) is 6.30. The molecule has 1 unspecified atom stereocenters. The molecule has 0 N–H and O–H groups in total. The van der Waals surface area contributed by atoms with Crippen molar-refractivity contribution in [3.63, 3.8) is 0 Å². The average molecular weight is 280 g/mol. The minimum Gasteiger partial charge on any atom is -0.457 e. The molecule has 0 bridgehead atoms. The molecule has 0 aliphatic carbocycles. The zero-order valence-electron chi connectivity index (χ0n) is 11.2. The minimum atomic E-state index is 0. The Kier molecular flexibility index (Phi) is 4.92. The van der Waals surface area contributed by atoms with Gasteiger partial charge < -0.3 is 4.74 Å². The van der Waals surface area contributed by atoms with Gasteiger partial charge in [-0.2, -0.15) is 9.90 Å². The highest BCUT2D eigenvalue weighted by Gasteiger charge is 1.99. The quantitative estimate of drug-likeness (QED) is 0.599. The smallest absolute Gasteiger partial charge is 0.127 e. The van der Waals surface area contributed by atoms with Gasteiger partial charge >= 0.3 is 0 Å². The van der Waals surface area contributed by atoms with Gasteiger partial charge in [0.15, 0.2) is 0 Å². The molecule has 0 aliphatic heterocycles. The van der Waals surface area contributed by atoms with Crippen molar-refractivity contribution >= 4 is 9.90 Å². The molecule has 0 saturated carbocycles. The Balaban J connectivity index is 0.00000147. The molecule has 0 aromatic heterocycles. The molecule has 3 rings (SSSR count). The van der Waals surface area contributed by atoms with Gasteiger partial charge in [0.2, 0.25) is 0 Å². The monoisotopic (exact) mass is 280 g/mol. The van der Waals surface area contributed by atoms with E-state index in [1.165, 1.54) is 11.1 Å². The van der Waals surface area contributed by atoms with E-state index < -0.39 is 0 Å². The van der Waals surface area contributed by atoms with Crippen LogP contribution in [0.3, 0.4) is 0 Å². The molecule has 2 heteroatoms. The lowest BCUT2D eigenvalue weighted by Gasteiger charge is -2.06.